The third-order valence-electron chi connectivity index (χ3n) is 7.51. The number of thioether (sulfide) groups is 1. The molecule has 0 aliphatic rings. The molecule has 0 amide bonds. The van der Waals surface area contributed by atoms with Crippen molar-refractivity contribution in [1.82, 2.24) is 4.90 Å². The van der Waals surface area contributed by atoms with Gasteiger partial charge in [-0.05, 0) is 27.8 Å². The molecule has 0 fully saturated rings. The SMILES string of the molecule is c1ccc(CN(CCOCCOCCSC(c2ccccc2)(c2ccccc2)c2ccccc2)Cc2ccccc2)cc1. The van der Waals surface area contributed by atoms with E-state index in [9.17, 15) is 0 Å². The maximum atomic E-state index is 6.08. The van der Waals surface area contributed by atoms with Crippen molar-refractivity contribution < 1.29 is 9.47 Å². The molecule has 0 spiro atoms. The number of ether oxygens (including phenoxy) is 2. The highest BCUT2D eigenvalue weighted by molar-refractivity contribution is 8.00. The first-order valence-corrected chi connectivity index (χ1v) is 16.1. The lowest BCUT2D eigenvalue weighted by Gasteiger charge is -2.35. The Morgan fingerprint density at radius 2 is 0.814 bits per heavy atom. The second kappa shape index (κ2) is 16.8. The number of rotatable bonds is 17. The molecule has 43 heavy (non-hydrogen) atoms. The zero-order chi connectivity index (χ0) is 29.4. The molecule has 0 atom stereocenters. The third-order valence-corrected chi connectivity index (χ3v) is 9.02. The van der Waals surface area contributed by atoms with Gasteiger partial charge in [-0.15, -0.1) is 11.8 Å². The largest absolute Gasteiger partial charge is 0.378 e. The first kappa shape index (κ1) is 30.8. The van der Waals surface area contributed by atoms with Gasteiger partial charge in [-0.2, -0.15) is 0 Å². The van der Waals surface area contributed by atoms with Crippen LogP contribution in [0.25, 0.3) is 0 Å². The summed E-state index contributed by atoms with van der Waals surface area (Å²) in [7, 11) is 0. The maximum Gasteiger partial charge on any atom is 0.0907 e. The second-order valence-corrected chi connectivity index (χ2v) is 11.8. The van der Waals surface area contributed by atoms with Crippen molar-refractivity contribution in [3.8, 4) is 0 Å². The van der Waals surface area contributed by atoms with Gasteiger partial charge in [0.15, 0.2) is 0 Å². The Hall–Kier alpha value is -3.67. The third kappa shape index (κ3) is 8.92. The van der Waals surface area contributed by atoms with Crippen LogP contribution < -0.4 is 0 Å². The average Bonchev–Trinajstić information content (AvgIpc) is 3.08. The van der Waals surface area contributed by atoms with Crippen LogP contribution in [0.15, 0.2) is 152 Å². The molecule has 3 nitrogen and oxygen atoms in total. The molecule has 0 aliphatic carbocycles. The number of nitrogens with zero attached hydrogens (tertiary/aromatic N) is 1. The molecule has 0 aromatic heterocycles. The smallest absolute Gasteiger partial charge is 0.0907 e. The molecule has 5 aromatic rings. The van der Waals surface area contributed by atoms with Crippen molar-refractivity contribution in [1.29, 1.82) is 0 Å². The van der Waals surface area contributed by atoms with E-state index in [1.807, 2.05) is 11.8 Å². The molecule has 0 saturated carbocycles. The van der Waals surface area contributed by atoms with Gasteiger partial charge in [0.2, 0.25) is 0 Å². The Kier molecular flexibility index (Phi) is 12.0. The highest BCUT2D eigenvalue weighted by Gasteiger charge is 2.36. The van der Waals surface area contributed by atoms with Gasteiger partial charge in [0.05, 0.1) is 31.2 Å². The molecule has 0 saturated heterocycles. The summed E-state index contributed by atoms with van der Waals surface area (Å²) in [6.07, 6.45) is 0. The van der Waals surface area contributed by atoms with Crippen LogP contribution in [-0.4, -0.2) is 43.6 Å². The second-order valence-electron chi connectivity index (χ2n) is 10.5. The van der Waals surface area contributed by atoms with Gasteiger partial charge in [-0.3, -0.25) is 4.90 Å². The van der Waals surface area contributed by atoms with E-state index in [0.717, 1.165) is 25.4 Å². The lowest BCUT2D eigenvalue weighted by Crippen LogP contribution is -2.27. The summed E-state index contributed by atoms with van der Waals surface area (Å²) >= 11 is 1.93. The molecule has 0 N–H and O–H groups in total. The van der Waals surface area contributed by atoms with Gasteiger partial charge in [-0.25, -0.2) is 0 Å². The minimum atomic E-state index is -0.315. The Labute approximate surface area is 261 Å². The summed E-state index contributed by atoms with van der Waals surface area (Å²) in [6.45, 7) is 5.20. The molecule has 5 rings (SSSR count). The van der Waals surface area contributed by atoms with Gasteiger partial charge in [0, 0.05) is 25.4 Å². The summed E-state index contributed by atoms with van der Waals surface area (Å²) in [5.74, 6) is 0.862. The molecule has 5 aromatic carbocycles. The van der Waals surface area contributed by atoms with Crippen molar-refractivity contribution in [2.75, 3.05) is 38.7 Å². The quantitative estimate of drug-likeness (QED) is 0.0804. The van der Waals surface area contributed by atoms with Crippen molar-refractivity contribution >= 4 is 11.8 Å². The van der Waals surface area contributed by atoms with Crippen molar-refractivity contribution in [2.24, 2.45) is 0 Å². The summed E-state index contributed by atoms with van der Waals surface area (Å²) in [6, 6.07) is 53.7. The van der Waals surface area contributed by atoms with Crippen LogP contribution in [-0.2, 0) is 27.3 Å². The fourth-order valence-corrected chi connectivity index (χ4v) is 6.85. The van der Waals surface area contributed by atoms with Crippen LogP contribution in [0.1, 0.15) is 27.8 Å². The minimum absolute atomic E-state index is 0.315. The first-order valence-electron chi connectivity index (χ1n) is 15.1. The van der Waals surface area contributed by atoms with E-state index in [2.05, 4.69) is 157 Å². The highest BCUT2D eigenvalue weighted by atomic mass is 32.2. The molecule has 0 unspecified atom stereocenters. The van der Waals surface area contributed by atoms with E-state index < -0.39 is 0 Å². The number of hydrogen-bond acceptors (Lipinski definition) is 4. The van der Waals surface area contributed by atoms with Gasteiger partial charge in [0.25, 0.3) is 0 Å². The Bertz CT molecular complexity index is 1300. The zero-order valence-corrected chi connectivity index (χ0v) is 25.6. The number of hydrogen-bond donors (Lipinski definition) is 0. The summed E-state index contributed by atoms with van der Waals surface area (Å²) in [5.41, 5.74) is 6.46. The van der Waals surface area contributed by atoms with Crippen molar-refractivity contribution in [3.63, 3.8) is 0 Å². The lowest BCUT2D eigenvalue weighted by atomic mass is 9.84. The first-order chi connectivity index (χ1) is 21.3. The Morgan fingerprint density at radius 3 is 1.23 bits per heavy atom. The van der Waals surface area contributed by atoms with E-state index in [4.69, 9.17) is 9.47 Å². The number of benzene rings is 5. The summed E-state index contributed by atoms with van der Waals surface area (Å²) < 4.78 is 11.8. The topological polar surface area (TPSA) is 21.7 Å². The average molecular weight is 588 g/mol. The van der Waals surface area contributed by atoms with Crippen molar-refractivity contribution in [3.05, 3.63) is 179 Å². The highest BCUT2D eigenvalue weighted by Crippen LogP contribution is 2.48. The fourth-order valence-electron chi connectivity index (χ4n) is 5.44. The molecule has 0 heterocycles. The fraction of sp³-hybridized carbons (Fsp3) is 0.231. The van der Waals surface area contributed by atoms with E-state index in [1.54, 1.807) is 0 Å². The summed E-state index contributed by atoms with van der Waals surface area (Å²) in [4.78, 5) is 2.44. The molecule has 0 aliphatic heterocycles. The van der Waals surface area contributed by atoms with Crippen LogP contribution in [0.2, 0.25) is 0 Å². The molecular formula is C39H41NO2S. The van der Waals surface area contributed by atoms with Gasteiger partial charge < -0.3 is 9.47 Å². The molecule has 4 heteroatoms. The van der Waals surface area contributed by atoms with Gasteiger partial charge in [0.1, 0.15) is 0 Å². The molecule has 0 bridgehead atoms. The van der Waals surface area contributed by atoms with Crippen LogP contribution in [0, 0.1) is 0 Å². The van der Waals surface area contributed by atoms with Crippen LogP contribution in [0.5, 0.6) is 0 Å². The Morgan fingerprint density at radius 1 is 0.442 bits per heavy atom. The monoisotopic (exact) mass is 587 g/mol. The van der Waals surface area contributed by atoms with E-state index in [1.165, 1.54) is 27.8 Å². The standard InChI is InChI=1S/C39H41NO2S/c1-6-16-34(17-7-1)32-40(33-35-18-8-2-9-19-35)26-27-41-28-29-42-30-31-43-39(36-20-10-3-11-21-36,37-22-12-4-13-23-37)38-24-14-5-15-25-38/h1-25H,26-33H2. The molecular weight excluding hydrogens is 547 g/mol. The zero-order valence-electron chi connectivity index (χ0n) is 24.8. The Balaban J connectivity index is 1.12. The van der Waals surface area contributed by atoms with E-state index >= 15 is 0 Å². The minimum Gasteiger partial charge on any atom is -0.378 e. The van der Waals surface area contributed by atoms with Crippen LogP contribution in [0.3, 0.4) is 0 Å². The lowest BCUT2D eigenvalue weighted by molar-refractivity contribution is 0.0417. The predicted molar refractivity (Wildman–Crippen MR) is 180 cm³/mol. The molecule has 220 valence electrons. The molecule has 0 radical (unpaired) electrons. The van der Waals surface area contributed by atoms with Gasteiger partial charge >= 0.3 is 0 Å². The summed E-state index contributed by atoms with van der Waals surface area (Å²) in [5, 5.41) is 0. The van der Waals surface area contributed by atoms with Crippen LogP contribution >= 0.6 is 11.8 Å². The maximum absolute atomic E-state index is 6.08. The van der Waals surface area contributed by atoms with Crippen molar-refractivity contribution in [2.45, 2.75) is 17.8 Å². The van der Waals surface area contributed by atoms with E-state index in [-0.39, 0.29) is 4.75 Å². The van der Waals surface area contributed by atoms with Gasteiger partial charge in [-0.1, -0.05) is 152 Å². The van der Waals surface area contributed by atoms with E-state index in [0.29, 0.717) is 26.4 Å². The normalized spacial score (nSPS) is 11.6. The van der Waals surface area contributed by atoms with Crippen LogP contribution in [0.4, 0.5) is 0 Å². The predicted octanol–water partition coefficient (Wildman–Crippen LogP) is 8.45.